The minimum Gasteiger partial charge on any atom is -0.395 e. The van der Waals surface area contributed by atoms with Crippen LogP contribution in [0.1, 0.15) is 12.8 Å². The smallest absolute Gasteiger partial charge is 0.223 e. The van der Waals surface area contributed by atoms with E-state index in [9.17, 15) is 4.79 Å². The number of aliphatic hydroxyl groups is 1. The predicted octanol–water partition coefficient (Wildman–Crippen LogP) is -0.905. The number of amides is 1. The molecule has 1 rings (SSSR count). The van der Waals surface area contributed by atoms with Crippen LogP contribution >= 0.6 is 0 Å². The first-order valence-corrected chi connectivity index (χ1v) is 4.44. The summed E-state index contributed by atoms with van der Waals surface area (Å²) in [6.45, 7) is 2.26. The third-order valence-electron chi connectivity index (χ3n) is 2.12. The van der Waals surface area contributed by atoms with E-state index in [1.807, 2.05) is 0 Å². The van der Waals surface area contributed by atoms with Gasteiger partial charge in [-0.25, -0.2) is 0 Å². The summed E-state index contributed by atoms with van der Waals surface area (Å²) in [5.41, 5.74) is 0. The summed E-state index contributed by atoms with van der Waals surface area (Å²) in [5, 5.41) is 14.4. The molecule has 12 heavy (non-hydrogen) atoms. The van der Waals surface area contributed by atoms with Crippen molar-refractivity contribution in [2.24, 2.45) is 5.92 Å². The van der Waals surface area contributed by atoms with Crippen LogP contribution in [0.2, 0.25) is 0 Å². The Morgan fingerprint density at radius 3 is 2.75 bits per heavy atom. The molecule has 1 heterocycles. The van der Waals surface area contributed by atoms with Crippen LogP contribution in [-0.4, -0.2) is 37.3 Å². The lowest BCUT2D eigenvalue weighted by molar-refractivity contribution is -0.125. The first-order chi connectivity index (χ1) is 5.84. The highest BCUT2D eigenvalue weighted by Crippen LogP contribution is 2.10. The van der Waals surface area contributed by atoms with Crippen molar-refractivity contribution < 1.29 is 9.90 Å². The van der Waals surface area contributed by atoms with Crippen molar-refractivity contribution >= 4 is 5.91 Å². The number of aliphatic hydroxyl groups excluding tert-OH is 1. The summed E-state index contributed by atoms with van der Waals surface area (Å²) in [6.07, 6.45) is 1.83. The van der Waals surface area contributed by atoms with Gasteiger partial charge in [-0.1, -0.05) is 0 Å². The number of carbonyl (C=O) groups is 1. The fraction of sp³-hybridized carbons (Fsp3) is 0.875. The molecule has 0 aliphatic carbocycles. The topological polar surface area (TPSA) is 61.4 Å². The van der Waals surface area contributed by atoms with Crippen molar-refractivity contribution in [1.29, 1.82) is 0 Å². The highest BCUT2D eigenvalue weighted by atomic mass is 16.3. The van der Waals surface area contributed by atoms with Gasteiger partial charge in [0, 0.05) is 12.5 Å². The number of piperidine rings is 1. The van der Waals surface area contributed by atoms with Crippen molar-refractivity contribution in [2.45, 2.75) is 12.8 Å². The van der Waals surface area contributed by atoms with Crippen LogP contribution in [0.15, 0.2) is 0 Å². The molecule has 70 valence electrons. The molecule has 1 amide bonds. The van der Waals surface area contributed by atoms with E-state index in [0.717, 1.165) is 25.9 Å². The van der Waals surface area contributed by atoms with Gasteiger partial charge in [0.05, 0.1) is 6.61 Å². The van der Waals surface area contributed by atoms with E-state index in [1.54, 1.807) is 0 Å². The molecular weight excluding hydrogens is 156 g/mol. The van der Waals surface area contributed by atoms with Gasteiger partial charge in [-0.3, -0.25) is 4.79 Å². The standard InChI is InChI=1S/C8H16N2O2/c11-6-5-10-8(12)7-1-3-9-4-2-7/h7,9,11H,1-6H2,(H,10,12). The number of rotatable bonds is 3. The maximum absolute atomic E-state index is 11.3. The van der Waals surface area contributed by atoms with Crippen LogP contribution in [0.3, 0.4) is 0 Å². The third kappa shape index (κ3) is 2.79. The Balaban J connectivity index is 2.20. The molecule has 0 radical (unpaired) electrons. The molecule has 0 spiro atoms. The molecule has 0 aromatic heterocycles. The Kier molecular flexibility index (Phi) is 4.04. The molecule has 1 aliphatic rings. The largest absolute Gasteiger partial charge is 0.395 e. The second-order valence-electron chi connectivity index (χ2n) is 3.04. The van der Waals surface area contributed by atoms with Gasteiger partial charge in [-0.05, 0) is 25.9 Å². The van der Waals surface area contributed by atoms with Crippen LogP contribution in [0.5, 0.6) is 0 Å². The Labute approximate surface area is 72.3 Å². The molecule has 0 saturated carbocycles. The zero-order valence-corrected chi connectivity index (χ0v) is 7.18. The quantitative estimate of drug-likeness (QED) is 0.517. The Morgan fingerprint density at radius 1 is 1.50 bits per heavy atom. The maximum Gasteiger partial charge on any atom is 0.223 e. The lowest BCUT2D eigenvalue weighted by Gasteiger charge is -2.21. The van der Waals surface area contributed by atoms with Gasteiger partial charge in [0.1, 0.15) is 0 Å². The van der Waals surface area contributed by atoms with Crippen molar-refractivity contribution in [3.63, 3.8) is 0 Å². The summed E-state index contributed by atoms with van der Waals surface area (Å²) >= 11 is 0. The molecule has 4 nitrogen and oxygen atoms in total. The van der Waals surface area contributed by atoms with Gasteiger partial charge in [0.15, 0.2) is 0 Å². The minimum absolute atomic E-state index is 0.0245. The van der Waals surface area contributed by atoms with Gasteiger partial charge >= 0.3 is 0 Å². The zero-order chi connectivity index (χ0) is 8.81. The van der Waals surface area contributed by atoms with Gasteiger partial charge in [0.25, 0.3) is 0 Å². The lowest BCUT2D eigenvalue weighted by atomic mass is 9.97. The van der Waals surface area contributed by atoms with Crippen LogP contribution in [0.4, 0.5) is 0 Å². The maximum atomic E-state index is 11.3. The van der Waals surface area contributed by atoms with E-state index >= 15 is 0 Å². The number of nitrogens with one attached hydrogen (secondary N) is 2. The fourth-order valence-corrected chi connectivity index (χ4v) is 1.41. The second kappa shape index (κ2) is 5.11. The summed E-state index contributed by atoms with van der Waals surface area (Å²) in [7, 11) is 0. The minimum atomic E-state index is 0.0245. The first kappa shape index (κ1) is 9.48. The average Bonchev–Trinajstić information content (AvgIpc) is 2.15. The molecular formula is C8H16N2O2. The molecule has 0 atom stereocenters. The molecule has 3 N–H and O–H groups in total. The average molecular weight is 172 g/mol. The molecule has 1 fully saturated rings. The first-order valence-electron chi connectivity index (χ1n) is 4.44. The van der Waals surface area contributed by atoms with Crippen LogP contribution in [-0.2, 0) is 4.79 Å². The van der Waals surface area contributed by atoms with E-state index in [-0.39, 0.29) is 18.4 Å². The highest BCUT2D eigenvalue weighted by molar-refractivity contribution is 5.78. The van der Waals surface area contributed by atoms with E-state index in [1.165, 1.54) is 0 Å². The van der Waals surface area contributed by atoms with E-state index < -0.39 is 0 Å². The summed E-state index contributed by atoms with van der Waals surface area (Å²) in [6, 6.07) is 0. The zero-order valence-electron chi connectivity index (χ0n) is 7.18. The van der Waals surface area contributed by atoms with Crippen LogP contribution < -0.4 is 10.6 Å². The van der Waals surface area contributed by atoms with Gasteiger partial charge in [-0.15, -0.1) is 0 Å². The molecule has 1 aliphatic heterocycles. The molecule has 0 bridgehead atoms. The number of hydrogen-bond acceptors (Lipinski definition) is 3. The Morgan fingerprint density at radius 2 is 2.17 bits per heavy atom. The second-order valence-corrected chi connectivity index (χ2v) is 3.04. The van der Waals surface area contributed by atoms with Crippen molar-refractivity contribution in [1.82, 2.24) is 10.6 Å². The van der Waals surface area contributed by atoms with Gasteiger partial charge in [-0.2, -0.15) is 0 Å². The van der Waals surface area contributed by atoms with E-state index in [4.69, 9.17) is 5.11 Å². The summed E-state index contributed by atoms with van der Waals surface area (Å²) in [4.78, 5) is 11.3. The molecule has 0 unspecified atom stereocenters. The van der Waals surface area contributed by atoms with Crippen molar-refractivity contribution in [3.8, 4) is 0 Å². The number of hydrogen-bond donors (Lipinski definition) is 3. The Hall–Kier alpha value is -0.610. The summed E-state index contributed by atoms with van der Waals surface area (Å²) < 4.78 is 0. The van der Waals surface area contributed by atoms with Gasteiger partial charge in [0.2, 0.25) is 5.91 Å². The summed E-state index contributed by atoms with van der Waals surface area (Å²) in [5.74, 6) is 0.239. The molecule has 0 aromatic rings. The van der Waals surface area contributed by atoms with E-state index in [0.29, 0.717) is 6.54 Å². The predicted molar refractivity (Wildman–Crippen MR) is 45.7 cm³/mol. The Bertz CT molecular complexity index is 144. The fourth-order valence-electron chi connectivity index (χ4n) is 1.41. The van der Waals surface area contributed by atoms with Crippen molar-refractivity contribution in [3.05, 3.63) is 0 Å². The van der Waals surface area contributed by atoms with Crippen LogP contribution in [0.25, 0.3) is 0 Å². The molecule has 0 aromatic carbocycles. The SMILES string of the molecule is O=C(NCCO)C1CCNCC1. The monoisotopic (exact) mass is 172 g/mol. The van der Waals surface area contributed by atoms with E-state index in [2.05, 4.69) is 10.6 Å². The van der Waals surface area contributed by atoms with Crippen LogP contribution in [0, 0.1) is 5.92 Å². The third-order valence-corrected chi connectivity index (χ3v) is 2.12. The van der Waals surface area contributed by atoms with Crippen molar-refractivity contribution in [2.75, 3.05) is 26.2 Å². The highest BCUT2D eigenvalue weighted by Gasteiger charge is 2.19. The van der Waals surface area contributed by atoms with Gasteiger partial charge < -0.3 is 15.7 Å². The number of carbonyl (C=O) groups excluding carboxylic acids is 1. The lowest BCUT2D eigenvalue weighted by Crippen LogP contribution is -2.39. The molecule has 1 saturated heterocycles. The molecule has 4 heteroatoms. The normalized spacial score (nSPS) is 19.1.